The van der Waals surface area contributed by atoms with Gasteiger partial charge in [-0.05, 0) is 61.9 Å². The van der Waals surface area contributed by atoms with Crippen LogP contribution in [0.1, 0.15) is 43.0 Å². The smallest absolute Gasteiger partial charge is 0.258 e. The lowest BCUT2D eigenvalue weighted by Gasteiger charge is -2.36. The fraction of sp³-hybridized carbons (Fsp3) is 0.542. The Hall–Kier alpha value is -1.72. The molecule has 2 aromatic rings. The Morgan fingerprint density at radius 3 is 2.72 bits per heavy atom. The van der Waals surface area contributed by atoms with Crippen molar-refractivity contribution in [3.8, 4) is 5.75 Å². The van der Waals surface area contributed by atoms with E-state index in [1.807, 2.05) is 36.9 Å². The number of hydrogen-bond donors (Lipinski definition) is 0. The molecule has 4 nitrogen and oxygen atoms in total. The molecule has 29 heavy (non-hydrogen) atoms. The SMILES string of the molecule is CCOc1ccc2ccccc2c1C(=O)N1CCCSCC1CN1CCCCC1. The predicted molar refractivity (Wildman–Crippen MR) is 122 cm³/mol. The first kappa shape index (κ1) is 20.5. The van der Waals surface area contributed by atoms with Crippen LogP contribution in [0.5, 0.6) is 5.75 Å². The summed E-state index contributed by atoms with van der Waals surface area (Å²) in [6.45, 7) is 6.70. The summed E-state index contributed by atoms with van der Waals surface area (Å²) in [6.07, 6.45) is 4.96. The minimum Gasteiger partial charge on any atom is -0.493 e. The van der Waals surface area contributed by atoms with Crippen molar-refractivity contribution in [2.24, 2.45) is 0 Å². The van der Waals surface area contributed by atoms with Gasteiger partial charge in [0.2, 0.25) is 0 Å². The summed E-state index contributed by atoms with van der Waals surface area (Å²) in [5.41, 5.74) is 0.737. The maximum absolute atomic E-state index is 13.9. The number of carbonyl (C=O) groups is 1. The molecule has 0 aliphatic carbocycles. The van der Waals surface area contributed by atoms with Crippen LogP contribution < -0.4 is 4.74 Å². The zero-order chi connectivity index (χ0) is 20.1. The normalized spacial score (nSPS) is 21.1. The molecule has 1 unspecified atom stereocenters. The zero-order valence-electron chi connectivity index (χ0n) is 17.4. The van der Waals surface area contributed by atoms with E-state index in [4.69, 9.17) is 4.74 Å². The van der Waals surface area contributed by atoms with Crippen LogP contribution in [0.25, 0.3) is 10.8 Å². The highest BCUT2D eigenvalue weighted by Crippen LogP contribution is 2.31. The monoisotopic (exact) mass is 412 g/mol. The molecule has 4 rings (SSSR count). The summed E-state index contributed by atoms with van der Waals surface area (Å²) >= 11 is 2.00. The molecule has 0 bridgehead atoms. The van der Waals surface area contributed by atoms with Crippen molar-refractivity contribution in [2.75, 3.05) is 44.3 Å². The largest absolute Gasteiger partial charge is 0.493 e. The third-order valence-electron chi connectivity index (χ3n) is 6.02. The topological polar surface area (TPSA) is 32.8 Å². The number of benzene rings is 2. The van der Waals surface area contributed by atoms with Gasteiger partial charge in [-0.2, -0.15) is 11.8 Å². The number of hydrogen-bond acceptors (Lipinski definition) is 4. The van der Waals surface area contributed by atoms with Gasteiger partial charge in [0.25, 0.3) is 5.91 Å². The Kier molecular flexibility index (Phi) is 6.98. The number of likely N-dealkylation sites (tertiary alicyclic amines) is 1. The highest BCUT2D eigenvalue weighted by atomic mass is 32.2. The van der Waals surface area contributed by atoms with E-state index in [1.54, 1.807) is 0 Å². The van der Waals surface area contributed by atoms with Crippen LogP contribution in [-0.4, -0.2) is 66.0 Å². The van der Waals surface area contributed by atoms with E-state index < -0.39 is 0 Å². The van der Waals surface area contributed by atoms with Crippen LogP contribution in [0, 0.1) is 0 Å². The molecule has 2 saturated heterocycles. The van der Waals surface area contributed by atoms with Gasteiger partial charge in [-0.1, -0.05) is 36.8 Å². The molecule has 1 atom stereocenters. The fourth-order valence-corrected chi connectivity index (χ4v) is 5.64. The summed E-state index contributed by atoms with van der Waals surface area (Å²) in [5, 5.41) is 2.09. The summed E-state index contributed by atoms with van der Waals surface area (Å²) in [5.74, 6) is 3.00. The van der Waals surface area contributed by atoms with E-state index in [1.165, 1.54) is 32.4 Å². The summed E-state index contributed by atoms with van der Waals surface area (Å²) < 4.78 is 5.91. The average Bonchev–Trinajstić information content (AvgIpc) is 2.99. The maximum Gasteiger partial charge on any atom is 0.258 e. The first-order valence-electron chi connectivity index (χ1n) is 11.0. The second kappa shape index (κ2) is 9.86. The lowest BCUT2D eigenvalue weighted by molar-refractivity contribution is 0.0644. The number of rotatable bonds is 5. The first-order valence-corrected chi connectivity index (χ1v) is 12.2. The average molecular weight is 413 g/mol. The number of carbonyl (C=O) groups excluding carboxylic acids is 1. The molecule has 2 aliphatic rings. The Bertz CT molecular complexity index is 835. The molecule has 5 heteroatoms. The summed E-state index contributed by atoms with van der Waals surface area (Å²) in [4.78, 5) is 18.6. The number of fused-ring (bicyclic) bond motifs is 1. The van der Waals surface area contributed by atoms with Gasteiger partial charge >= 0.3 is 0 Å². The molecular formula is C24H32N2O2S. The zero-order valence-corrected chi connectivity index (χ0v) is 18.3. The van der Waals surface area contributed by atoms with Crippen LogP contribution >= 0.6 is 11.8 Å². The third-order valence-corrected chi connectivity index (χ3v) is 7.22. The molecule has 1 amide bonds. The second-order valence-corrected chi connectivity index (χ2v) is 9.18. The standard InChI is InChI=1S/C24H32N2O2S/c1-2-28-22-12-11-19-9-4-5-10-21(19)23(22)24(27)26-15-8-16-29-18-20(26)17-25-13-6-3-7-14-25/h4-5,9-12,20H,2-3,6-8,13-18H2,1H3. The van der Waals surface area contributed by atoms with E-state index in [0.717, 1.165) is 47.4 Å². The van der Waals surface area contributed by atoms with Gasteiger partial charge in [0, 0.05) is 18.8 Å². The van der Waals surface area contributed by atoms with Crippen molar-refractivity contribution in [1.29, 1.82) is 0 Å². The van der Waals surface area contributed by atoms with Gasteiger partial charge in [-0.25, -0.2) is 0 Å². The van der Waals surface area contributed by atoms with Crippen molar-refractivity contribution < 1.29 is 9.53 Å². The Morgan fingerprint density at radius 1 is 1.07 bits per heavy atom. The van der Waals surface area contributed by atoms with Gasteiger partial charge in [0.05, 0.1) is 18.2 Å². The Morgan fingerprint density at radius 2 is 1.90 bits per heavy atom. The lowest BCUT2D eigenvalue weighted by atomic mass is 10.0. The summed E-state index contributed by atoms with van der Waals surface area (Å²) in [7, 11) is 0. The minimum absolute atomic E-state index is 0.134. The number of ether oxygens (including phenoxy) is 1. The van der Waals surface area contributed by atoms with E-state index in [2.05, 4.69) is 28.0 Å². The van der Waals surface area contributed by atoms with Crippen LogP contribution in [0.2, 0.25) is 0 Å². The lowest BCUT2D eigenvalue weighted by Crippen LogP contribution is -2.49. The fourth-order valence-electron chi connectivity index (χ4n) is 4.58. The van der Waals surface area contributed by atoms with Gasteiger partial charge in [0.15, 0.2) is 0 Å². The summed E-state index contributed by atoms with van der Waals surface area (Å²) in [6, 6.07) is 12.5. The van der Waals surface area contributed by atoms with Gasteiger partial charge < -0.3 is 14.5 Å². The van der Waals surface area contributed by atoms with Gasteiger partial charge in [-0.15, -0.1) is 0 Å². The molecule has 0 saturated carbocycles. The van der Waals surface area contributed by atoms with E-state index in [9.17, 15) is 4.79 Å². The van der Waals surface area contributed by atoms with E-state index in [-0.39, 0.29) is 11.9 Å². The molecule has 2 heterocycles. The van der Waals surface area contributed by atoms with Gasteiger partial charge in [-0.3, -0.25) is 4.79 Å². The van der Waals surface area contributed by atoms with Crippen LogP contribution in [0.3, 0.4) is 0 Å². The minimum atomic E-state index is 0.134. The number of amides is 1. The van der Waals surface area contributed by atoms with Crippen molar-refractivity contribution >= 4 is 28.4 Å². The van der Waals surface area contributed by atoms with Crippen LogP contribution in [-0.2, 0) is 0 Å². The van der Waals surface area contributed by atoms with Crippen molar-refractivity contribution in [2.45, 2.75) is 38.6 Å². The molecule has 0 aromatic heterocycles. The molecule has 156 valence electrons. The molecule has 0 N–H and O–H groups in total. The Labute approximate surface area is 178 Å². The van der Waals surface area contributed by atoms with E-state index in [0.29, 0.717) is 12.4 Å². The third kappa shape index (κ3) is 4.72. The molecule has 2 aromatic carbocycles. The molecule has 2 fully saturated rings. The molecule has 0 spiro atoms. The number of thioether (sulfide) groups is 1. The Balaban J connectivity index is 1.67. The highest BCUT2D eigenvalue weighted by Gasteiger charge is 2.31. The quantitative estimate of drug-likeness (QED) is 0.714. The van der Waals surface area contributed by atoms with Crippen LogP contribution in [0.4, 0.5) is 0 Å². The van der Waals surface area contributed by atoms with E-state index >= 15 is 0 Å². The molecular weight excluding hydrogens is 380 g/mol. The van der Waals surface area contributed by atoms with Crippen LogP contribution in [0.15, 0.2) is 36.4 Å². The van der Waals surface area contributed by atoms with Crippen molar-refractivity contribution in [1.82, 2.24) is 9.80 Å². The molecule has 2 aliphatic heterocycles. The first-order chi connectivity index (χ1) is 14.3. The number of nitrogens with zero attached hydrogens (tertiary/aromatic N) is 2. The van der Waals surface area contributed by atoms with Crippen molar-refractivity contribution in [3.05, 3.63) is 42.0 Å². The highest BCUT2D eigenvalue weighted by molar-refractivity contribution is 7.99. The van der Waals surface area contributed by atoms with Gasteiger partial charge in [0.1, 0.15) is 5.75 Å². The second-order valence-electron chi connectivity index (χ2n) is 8.03. The molecule has 0 radical (unpaired) electrons. The maximum atomic E-state index is 13.9. The predicted octanol–water partition coefficient (Wildman–Crippen LogP) is 4.67. The van der Waals surface area contributed by atoms with Crippen molar-refractivity contribution in [3.63, 3.8) is 0 Å². The number of piperidine rings is 1.